The van der Waals surface area contributed by atoms with Gasteiger partial charge in [0.25, 0.3) is 5.69 Å². The van der Waals surface area contributed by atoms with E-state index in [1.165, 1.54) is 41.0 Å². The van der Waals surface area contributed by atoms with Gasteiger partial charge in [-0.25, -0.2) is 9.18 Å². The van der Waals surface area contributed by atoms with Crippen molar-refractivity contribution in [3.05, 3.63) is 68.9 Å². The quantitative estimate of drug-likeness (QED) is 0.537. The van der Waals surface area contributed by atoms with E-state index < -0.39 is 16.5 Å². The van der Waals surface area contributed by atoms with Crippen molar-refractivity contribution in [3.8, 4) is 0 Å². The van der Waals surface area contributed by atoms with Crippen molar-refractivity contribution in [1.29, 1.82) is 0 Å². The molecule has 0 aliphatic rings. The second kappa shape index (κ2) is 7.18. The van der Waals surface area contributed by atoms with E-state index in [0.29, 0.717) is 11.9 Å². The first-order valence-corrected chi connectivity index (χ1v) is 7.78. The highest BCUT2D eigenvalue weighted by Crippen LogP contribution is 2.20. The molecule has 9 heteroatoms. The summed E-state index contributed by atoms with van der Waals surface area (Å²) in [6, 6.07) is 9.70. The molecule has 0 saturated heterocycles. The maximum atomic E-state index is 13.5. The Balaban J connectivity index is 1.65. The van der Waals surface area contributed by atoms with Crippen molar-refractivity contribution in [2.75, 3.05) is 5.32 Å². The second-order valence-electron chi connectivity index (χ2n) is 5.56. The number of hydrogen-bond donors (Lipinski definition) is 1. The molecular weight excluding hydrogens is 345 g/mol. The summed E-state index contributed by atoms with van der Waals surface area (Å²) < 4.78 is 19.8. The number of hydrogen-bond acceptors (Lipinski definition) is 5. The van der Waals surface area contributed by atoms with Gasteiger partial charge in [-0.05, 0) is 24.6 Å². The predicted octanol–water partition coefficient (Wildman–Crippen LogP) is 3.06. The van der Waals surface area contributed by atoms with Gasteiger partial charge in [-0.1, -0.05) is 12.1 Å². The summed E-state index contributed by atoms with van der Waals surface area (Å²) in [6.07, 6.45) is 0.381. The van der Waals surface area contributed by atoms with Gasteiger partial charge in [0.05, 0.1) is 22.2 Å². The number of aromatic nitrogens is 1. The fourth-order valence-corrected chi connectivity index (χ4v) is 2.55. The maximum Gasteiger partial charge on any atom is 0.419 e. The van der Waals surface area contributed by atoms with Gasteiger partial charge in [0.1, 0.15) is 5.82 Å². The average molecular weight is 359 g/mol. The number of anilines is 1. The Morgan fingerprint density at radius 2 is 2.04 bits per heavy atom. The van der Waals surface area contributed by atoms with Crippen LogP contribution < -0.4 is 11.1 Å². The number of oxazole rings is 1. The van der Waals surface area contributed by atoms with Gasteiger partial charge in [0.15, 0.2) is 5.58 Å². The number of carbonyl (C=O) groups is 1. The topological polar surface area (TPSA) is 107 Å². The highest BCUT2D eigenvalue weighted by Gasteiger charge is 2.14. The molecule has 8 nitrogen and oxygen atoms in total. The van der Waals surface area contributed by atoms with E-state index in [9.17, 15) is 24.1 Å². The number of amides is 1. The lowest BCUT2D eigenvalue weighted by Crippen LogP contribution is -2.17. The summed E-state index contributed by atoms with van der Waals surface area (Å²) >= 11 is 0. The van der Waals surface area contributed by atoms with Crippen LogP contribution in [0.5, 0.6) is 0 Å². The molecule has 0 spiro atoms. The second-order valence-corrected chi connectivity index (χ2v) is 5.56. The summed E-state index contributed by atoms with van der Waals surface area (Å²) in [7, 11) is 0. The lowest BCUT2D eigenvalue weighted by Gasteiger charge is -2.06. The monoisotopic (exact) mass is 359 g/mol. The first kappa shape index (κ1) is 17.3. The van der Waals surface area contributed by atoms with Crippen LogP contribution in [0, 0.1) is 15.9 Å². The summed E-state index contributed by atoms with van der Waals surface area (Å²) in [4.78, 5) is 34.0. The number of nitro groups is 1. The van der Waals surface area contributed by atoms with Crippen LogP contribution in [-0.2, 0) is 11.3 Å². The minimum Gasteiger partial charge on any atom is -0.407 e. The molecule has 0 saturated carbocycles. The number of aryl methyl sites for hydroxylation is 1. The van der Waals surface area contributed by atoms with E-state index >= 15 is 0 Å². The molecule has 0 fully saturated rings. The van der Waals surface area contributed by atoms with Gasteiger partial charge in [-0.3, -0.25) is 19.5 Å². The third-order valence-electron chi connectivity index (χ3n) is 3.80. The van der Waals surface area contributed by atoms with Gasteiger partial charge in [0, 0.05) is 19.0 Å². The number of para-hydroxylation sites is 1. The Morgan fingerprint density at radius 1 is 1.27 bits per heavy atom. The fourth-order valence-electron chi connectivity index (χ4n) is 2.55. The molecule has 1 N–H and O–H groups in total. The Labute approximate surface area is 146 Å². The van der Waals surface area contributed by atoms with E-state index in [2.05, 4.69) is 5.32 Å². The Kier molecular flexibility index (Phi) is 4.78. The van der Waals surface area contributed by atoms with Crippen molar-refractivity contribution in [2.45, 2.75) is 19.4 Å². The first-order chi connectivity index (χ1) is 12.5. The average Bonchev–Trinajstić information content (AvgIpc) is 2.91. The minimum absolute atomic E-state index is 0.0699. The number of nitro benzene ring substituents is 1. The van der Waals surface area contributed by atoms with E-state index in [-0.39, 0.29) is 35.8 Å². The summed E-state index contributed by atoms with van der Waals surface area (Å²) in [6.45, 7) is 0.189. The molecule has 3 rings (SSSR count). The highest BCUT2D eigenvalue weighted by molar-refractivity contribution is 5.90. The van der Waals surface area contributed by atoms with Crippen LogP contribution in [0.4, 0.5) is 15.8 Å². The summed E-state index contributed by atoms with van der Waals surface area (Å²) in [5, 5.41) is 13.2. The minimum atomic E-state index is -0.657. The number of benzene rings is 2. The van der Waals surface area contributed by atoms with Crippen LogP contribution in [0.25, 0.3) is 11.1 Å². The number of nitrogens with zero attached hydrogens (tertiary/aromatic N) is 2. The van der Waals surface area contributed by atoms with Gasteiger partial charge in [-0.15, -0.1) is 0 Å². The third kappa shape index (κ3) is 3.61. The van der Waals surface area contributed by atoms with Crippen molar-refractivity contribution in [1.82, 2.24) is 4.57 Å². The van der Waals surface area contributed by atoms with Crippen LogP contribution >= 0.6 is 0 Å². The third-order valence-corrected chi connectivity index (χ3v) is 3.80. The van der Waals surface area contributed by atoms with Gasteiger partial charge in [0.2, 0.25) is 5.91 Å². The number of non-ortho nitro benzene ring substituents is 1. The van der Waals surface area contributed by atoms with Crippen molar-refractivity contribution in [3.63, 3.8) is 0 Å². The Bertz CT molecular complexity index is 1040. The number of rotatable bonds is 6. The SMILES string of the molecule is O=C(CCCn1c(=O)oc2cc([N+](=O)[O-])ccc21)Nc1ccccc1F. The summed E-state index contributed by atoms with van der Waals surface area (Å²) in [5.74, 6) is -1.57. The van der Waals surface area contributed by atoms with Crippen molar-refractivity contribution in [2.24, 2.45) is 0 Å². The van der Waals surface area contributed by atoms with Crippen LogP contribution in [0.3, 0.4) is 0 Å². The Morgan fingerprint density at radius 3 is 2.77 bits per heavy atom. The first-order valence-electron chi connectivity index (χ1n) is 7.78. The zero-order valence-electron chi connectivity index (χ0n) is 13.5. The normalized spacial score (nSPS) is 10.8. The molecule has 0 radical (unpaired) electrons. The largest absolute Gasteiger partial charge is 0.419 e. The number of halogens is 1. The number of fused-ring (bicyclic) bond motifs is 1. The standard InChI is InChI=1S/C17H14FN3O5/c18-12-4-1-2-5-13(12)19-16(22)6-3-9-20-14-8-7-11(21(24)25)10-15(14)26-17(20)23/h1-2,4-5,7-8,10H,3,6,9H2,(H,19,22). The molecule has 0 unspecified atom stereocenters. The number of carbonyl (C=O) groups excluding carboxylic acids is 1. The maximum absolute atomic E-state index is 13.5. The fraction of sp³-hybridized carbons (Fsp3) is 0.176. The number of nitrogens with one attached hydrogen (secondary N) is 1. The van der Waals surface area contributed by atoms with Crippen LogP contribution in [0.15, 0.2) is 51.7 Å². The molecule has 1 heterocycles. The molecule has 3 aromatic rings. The molecule has 0 aliphatic carbocycles. The molecular formula is C17H14FN3O5. The zero-order valence-corrected chi connectivity index (χ0v) is 13.5. The van der Waals surface area contributed by atoms with E-state index in [4.69, 9.17) is 4.42 Å². The van der Waals surface area contributed by atoms with E-state index in [1.807, 2.05) is 0 Å². The molecule has 1 aromatic heterocycles. The zero-order chi connectivity index (χ0) is 18.7. The highest BCUT2D eigenvalue weighted by atomic mass is 19.1. The van der Waals surface area contributed by atoms with E-state index in [0.717, 1.165) is 0 Å². The van der Waals surface area contributed by atoms with Crippen molar-refractivity contribution < 1.29 is 18.5 Å². The molecule has 134 valence electrons. The van der Waals surface area contributed by atoms with Crippen molar-refractivity contribution >= 4 is 28.4 Å². The molecule has 2 aromatic carbocycles. The van der Waals surface area contributed by atoms with Gasteiger partial charge in [-0.2, -0.15) is 0 Å². The lowest BCUT2D eigenvalue weighted by atomic mass is 10.2. The van der Waals surface area contributed by atoms with Crippen LogP contribution in [0.1, 0.15) is 12.8 Å². The molecule has 26 heavy (non-hydrogen) atoms. The molecule has 0 bridgehead atoms. The smallest absolute Gasteiger partial charge is 0.407 e. The van der Waals surface area contributed by atoms with Gasteiger partial charge < -0.3 is 9.73 Å². The molecule has 0 aliphatic heterocycles. The van der Waals surface area contributed by atoms with Crippen LogP contribution in [0.2, 0.25) is 0 Å². The Hall–Kier alpha value is -3.49. The van der Waals surface area contributed by atoms with E-state index in [1.54, 1.807) is 6.07 Å². The summed E-state index contributed by atoms with van der Waals surface area (Å²) in [5.41, 5.74) is 0.438. The predicted molar refractivity (Wildman–Crippen MR) is 91.4 cm³/mol. The molecule has 0 atom stereocenters. The van der Waals surface area contributed by atoms with Gasteiger partial charge >= 0.3 is 5.76 Å². The lowest BCUT2D eigenvalue weighted by molar-refractivity contribution is -0.384. The van der Waals surface area contributed by atoms with Crippen LogP contribution in [-0.4, -0.2) is 15.4 Å². The molecule has 1 amide bonds.